The summed E-state index contributed by atoms with van der Waals surface area (Å²) in [6, 6.07) is 5.87. The minimum Gasteiger partial charge on any atom is -0.454 e. The Morgan fingerprint density at radius 1 is 1.22 bits per heavy atom. The Balaban J connectivity index is 1.30. The number of ether oxygens (including phenoxy) is 2. The van der Waals surface area contributed by atoms with Gasteiger partial charge < -0.3 is 20.1 Å². The van der Waals surface area contributed by atoms with Gasteiger partial charge in [-0.05, 0) is 31.9 Å². The van der Waals surface area contributed by atoms with Crippen molar-refractivity contribution in [2.45, 2.75) is 54.7 Å². The number of aromatic nitrogens is 2. The summed E-state index contributed by atoms with van der Waals surface area (Å²) < 4.78 is 11.4. The fourth-order valence-corrected chi connectivity index (χ4v) is 5.13. The summed E-state index contributed by atoms with van der Waals surface area (Å²) in [6.07, 6.45) is 6.25. The number of amides is 1. The maximum Gasteiger partial charge on any atom is 0.237 e. The molecule has 4 rings (SSSR count). The minimum absolute atomic E-state index is 0.0872. The summed E-state index contributed by atoms with van der Waals surface area (Å²) >= 11 is 2.92. The van der Waals surface area contributed by atoms with E-state index in [9.17, 15) is 4.79 Å². The second-order valence-electron chi connectivity index (χ2n) is 6.67. The van der Waals surface area contributed by atoms with Gasteiger partial charge in [0.2, 0.25) is 17.8 Å². The summed E-state index contributed by atoms with van der Waals surface area (Å²) in [6.45, 7) is 2.08. The lowest BCUT2D eigenvalue weighted by molar-refractivity contribution is -0.115. The highest BCUT2D eigenvalue weighted by atomic mass is 32.2. The molecule has 7 nitrogen and oxygen atoms in total. The van der Waals surface area contributed by atoms with Crippen LogP contribution in [0.25, 0.3) is 0 Å². The second-order valence-corrected chi connectivity index (χ2v) is 9.24. The third kappa shape index (κ3) is 4.65. The predicted octanol–water partition coefficient (Wildman–Crippen LogP) is 4.13. The number of fused-ring (bicyclic) bond motifs is 1. The first-order valence-corrected chi connectivity index (χ1v) is 10.8. The zero-order chi connectivity index (χ0) is 18.6. The number of nitrogens with one attached hydrogen (secondary N) is 2. The molecule has 2 aliphatic rings. The van der Waals surface area contributed by atoms with E-state index in [1.54, 1.807) is 18.2 Å². The molecule has 1 atom stereocenters. The Morgan fingerprint density at radius 3 is 2.89 bits per heavy atom. The van der Waals surface area contributed by atoms with Crippen LogP contribution in [0.15, 0.2) is 22.5 Å². The normalized spacial score (nSPS) is 17.5. The van der Waals surface area contributed by atoms with Crippen molar-refractivity contribution in [1.82, 2.24) is 10.2 Å². The van der Waals surface area contributed by atoms with E-state index in [1.807, 2.05) is 6.92 Å². The number of hydrogen-bond acceptors (Lipinski definition) is 8. The van der Waals surface area contributed by atoms with E-state index in [4.69, 9.17) is 9.47 Å². The summed E-state index contributed by atoms with van der Waals surface area (Å²) in [5.41, 5.74) is 0.689. The van der Waals surface area contributed by atoms with Crippen LogP contribution < -0.4 is 20.1 Å². The van der Waals surface area contributed by atoms with Gasteiger partial charge in [-0.25, -0.2) is 0 Å². The number of carbonyl (C=O) groups is 1. The van der Waals surface area contributed by atoms with Crippen molar-refractivity contribution in [3.63, 3.8) is 0 Å². The molecular weight excluding hydrogens is 384 g/mol. The van der Waals surface area contributed by atoms with Gasteiger partial charge in [-0.2, -0.15) is 0 Å². The van der Waals surface area contributed by atoms with E-state index in [-0.39, 0.29) is 18.0 Å². The first-order chi connectivity index (χ1) is 13.2. The van der Waals surface area contributed by atoms with Crippen molar-refractivity contribution in [1.29, 1.82) is 0 Å². The van der Waals surface area contributed by atoms with Crippen molar-refractivity contribution >= 4 is 39.8 Å². The van der Waals surface area contributed by atoms with Crippen LogP contribution in [0.2, 0.25) is 0 Å². The van der Waals surface area contributed by atoms with Crippen molar-refractivity contribution in [2.75, 3.05) is 17.4 Å². The van der Waals surface area contributed by atoms with Crippen molar-refractivity contribution < 1.29 is 14.3 Å². The quantitative estimate of drug-likeness (QED) is 0.698. The van der Waals surface area contributed by atoms with Crippen LogP contribution in [0.4, 0.5) is 10.8 Å². The molecule has 0 radical (unpaired) electrons. The van der Waals surface area contributed by atoms with Crippen LogP contribution in [0.5, 0.6) is 11.5 Å². The predicted molar refractivity (Wildman–Crippen MR) is 107 cm³/mol. The van der Waals surface area contributed by atoms with Gasteiger partial charge in [0.1, 0.15) is 0 Å². The largest absolute Gasteiger partial charge is 0.454 e. The zero-order valence-corrected chi connectivity index (χ0v) is 16.7. The van der Waals surface area contributed by atoms with E-state index in [1.165, 1.54) is 55.2 Å². The molecule has 0 saturated heterocycles. The third-order valence-corrected chi connectivity index (χ3v) is 6.66. The number of nitrogens with zero attached hydrogens (tertiary/aromatic N) is 2. The average Bonchev–Trinajstić information content (AvgIpc) is 3.31. The molecule has 1 aliphatic carbocycles. The molecule has 1 fully saturated rings. The first kappa shape index (κ1) is 18.4. The van der Waals surface area contributed by atoms with Gasteiger partial charge in [0.15, 0.2) is 15.8 Å². The van der Waals surface area contributed by atoms with E-state index >= 15 is 0 Å². The monoisotopic (exact) mass is 406 g/mol. The fourth-order valence-electron chi connectivity index (χ4n) is 3.16. The zero-order valence-electron chi connectivity index (χ0n) is 15.1. The first-order valence-electron chi connectivity index (χ1n) is 9.14. The molecule has 2 heterocycles. The number of carbonyl (C=O) groups excluding carboxylic acids is 1. The average molecular weight is 407 g/mol. The van der Waals surface area contributed by atoms with Crippen molar-refractivity contribution in [2.24, 2.45) is 0 Å². The molecule has 9 heteroatoms. The molecule has 27 heavy (non-hydrogen) atoms. The number of benzene rings is 1. The van der Waals surface area contributed by atoms with Crippen LogP contribution in [0, 0.1) is 0 Å². The minimum atomic E-state index is -0.286. The lowest BCUT2D eigenvalue weighted by atomic mass is 9.96. The summed E-state index contributed by atoms with van der Waals surface area (Å²) in [5.74, 6) is 1.26. The molecule has 1 saturated carbocycles. The van der Waals surface area contributed by atoms with Gasteiger partial charge in [-0.15, -0.1) is 10.2 Å². The Hall–Kier alpha value is -2.00. The van der Waals surface area contributed by atoms with Gasteiger partial charge in [-0.3, -0.25) is 4.79 Å². The lowest BCUT2D eigenvalue weighted by Crippen LogP contribution is -2.22. The number of hydrogen-bond donors (Lipinski definition) is 2. The van der Waals surface area contributed by atoms with Gasteiger partial charge >= 0.3 is 0 Å². The molecule has 144 valence electrons. The van der Waals surface area contributed by atoms with Gasteiger partial charge in [0.25, 0.3) is 0 Å². The highest BCUT2D eigenvalue weighted by Crippen LogP contribution is 2.35. The molecule has 0 spiro atoms. The van der Waals surface area contributed by atoms with E-state index < -0.39 is 0 Å². The maximum absolute atomic E-state index is 12.5. The number of anilines is 2. The molecule has 1 aromatic carbocycles. The van der Waals surface area contributed by atoms with Crippen LogP contribution in [-0.2, 0) is 4.79 Å². The molecule has 1 aliphatic heterocycles. The molecule has 2 aromatic rings. The standard InChI is InChI=1S/C18H22N4O3S2/c1-11(16(23)19-13-7-8-14-15(9-13)25-10-24-14)26-18-22-21-17(27-18)20-12-5-3-2-4-6-12/h7-9,11-12H,2-6,10H2,1H3,(H,19,23)(H,20,21)/t11-/m0/s1. The second kappa shape index (κ2) is 8.35. The Kier molecular flexibility index (Phi) is 5.68. The summed E-state index contributed by atoms with van der Waals surface area (Å²) in [7, 11) is 0. The van der Waals surface area contributed by atoms with E-state index in [2.05, 4.69) is 20.8 Å². The molecule has 1 amide bonds. The van der Waals surface area contributed by atoms with Crippen LogP contribution in [0.1, 0.15) is 39.0 Å². The molecule has 0 bridgehead atoms. The molecule has 0 unspecified atom stereocenters. The number of thioether (sulfide) groups is 1. The van der Waals surface area contributed by atoms with Gasteiger partial charge in [0, 0.05) is 17.8 Å². The van der Waals surface area contributed by atoms with Gasteiger partial charge in [-0.1, -0.05) is 42.4 Å². The third-order valence-electron chi connectivity index (χ3n) is 4.63. The van der Waals surface area contributed by atoms with E-state index in [0.29, 0.717) is 23.2 Å². The fraction of sp³-hybridized carbons (Fsp3) is 0.500. The smallest absolute Gasteiger partial charge is 0.237 e. The highest BCUT2D eigenvalue weighted by molar-refractivity contribution is 8.02. The Morgan fingerprint density at radius 2 is 2.04 bits per heavy atom. The maximum atomic E-state index is 12.5. The van der Waals surface area contributed by atoms with Crippen molar-refractivity contribution in [3.05, 3.63) is 18.2 Å². The molecular formula is C18H22N4O3S2. The summed E-state index contributed by atoms with van der Waals surface area (Å²) in [4.78, 5) is 12.5. The van der Waals surface area contributed by atoms with Crippen molar-refractivity contribution in [3.8, 4) is 11.5 Å². The van der Waals surface area contributed by atoms with Gasteiger partial charge in [0.05, 0.1) is 5.25 Å². The topological polar surface area (TPSA) is 85.4 Å². The van der Waals surface area contributed by atoms with Crippen LogP contribution in [0.3, 0.4) is 0 Å². The van der Waals surface area contributed by atoms with Crippen LogP contribution >= 0.6 is 23.1 Å². The van der Waals surface area contributed by atoms with E-state index in [0.717, 1.165) is 9.47 Å². The lowest BCUT2D eigenvalue weighted by Gasteiger charge is -2.21. The van der Waals surface area contributed by atoms with Crippen LogP contribution in [-0.4, -0.2) is 34.2 Å². The molecule has 1 aromatic heterocycles. The number of rotatable bonds is 6. The highest BCUT2D eigenvalue weighted by Gasteiger charge is 2.20. The Labute approximate surface area is 166 Å². The Bertz CT molecular complexity index is 808. The SMILES string of the molecule is C[C@H](Sc1nnc(NC2CCCCC2)s1)C(=O)Nc1ccc2c(c1)OCO2. The summed E-state index contributed by atoms with van der Waals surface area (Å²) in [5, 5.41) is 15.4. The molecule has 2 N–H and O–H groups in total.